The van der Waals surface area contributed by atoms with Gasteiger partial charge in [0.15, 0.2) is 0 Å². The van der Waals surface area contributed by atoms with E-state index in [4.69, 9.17) is 9.47 Å². The van der Waals surface area contributed by atoms with Gasteiger partial charge in [0, 0.05) is 5.69 Å². The quantitative estimate of drug-likeness (QED) is 0.789. The molecule has 3 aromatic carbocycles. The van der Waals surface area contributed by atoms with Crippen LogP contribution in [0.5, 0.6) is 11.5 Å². The molecule has 4 heteroatoms. The summed E-state index contributed by atoms with van der Waals surface area (Å²) in [7, 11) is 3.06. The molecule has 0 aliphatic rings. The van der Waals surface area contributed by atoms with Crippen LogP contribution >= 0.6 is 0 Å². The Morgan fingerprint density at radius 1 is 0.826 bits per heavy atom. The molecule has 0 heterocycles. The third-order valence-corrected chi connectivity index (χ3v) is 3.66. The molecule has 0 saturated heterocycles. The highest BCUT2D eigenvalue weighted by Gasteiger charge is 2.18. The lowest BCUT2D eigenvalue weighted by Gasteiger charge is -2.13. The lowest BCUT2D eigenvalue weighted by Crippen LogP contribution is -2.14. The molecule has 0 aliphatic heterocycles. The molecule has 0 bridgehead atoms. The molecule has 0 unspecified atom stereocenters. The largest absolute Gasteiger partial charge is 0.496 e. The Morgan fingerprint density at radius 2 is 1.48 bits per heavy atom. The van der Waals surface area contributed by atoms with E-state index in [-0.39, 0.29) is 5.91 Å². The van der Waals surface area contributed by atoms with Crippen molar-refractivity contribution in [1.82, 2.24) is 0 Å². The minimum Gasteiger partial charge on any atom is -0.496 e. The zero-order valence-corrected chi connectivity index (χ0v) is 13.0. The Balaban J connectivity index is 1.94. The van der Waals surface area contributed by atoms with Crippen molar-refractivity contribution in [1.29, 1.82) is 0 Å². The summed E-state index contributed by atoms with van der Waals surface area (Å²) in [5, 5.41) is 5.09. The fourth-order valence-corrected chi connectivity index (χ4v) is 2.54. The third-order valence-electron chi connectivity index (χ3n) is 3.66. The van der Waals surface area contributed by atoms with Crippen LogP contribution in [0.25, 0.3) is 10.8 Å². The molecule has 23 heavy (non-hydrogen) atoms. The Kier molecular flexibility index (Phi) is 4.15. The van der Waals surface area contributed by atoms with Crippen LogP contribution in [0, 0.1) is 0 Å². The maximum atomic E-state index is 12.6. The number of benzene rings is 3. The van der Waals surface area contributed by atoms with Crippen molar-refractivity contribution in [3.8, 4) is 11.5 Å². The van der Waals surface area contributed by atoms with E-state index >= 15 is 0 Å². The van der Waals surface area contributed by atoms with Crippen LogP contribution in [0.4, 0.5) is 5.69 Å². The first-order valence-electron chi connectivity index (χ1n) is 7.24. The fourth-order valence-electron chi connectivity index (χ4n) is 2.54. The van der Waals surface area contributed by atoms with Crippen molar-refractivity contribution in [2.24, 2.45) is 0 Å². The van der Waals surface area contributed by atoms with Crippen LogP contribution in [-0.4, -0.2) is 20.1 Å². The second-order valence-corrected chi connectivity index (χ2v) is 5.05. The van der Waals surface area contributed by atoms with E-state index in [9.17, 15) is 4.79 Å². The minimum atomic E-state index is -0.269. The number of methoxy groups -OCH3 is 2. The smallest absolute Gasteiger partial charge is 0.263 e. The van der Waals surface area contributed by atoms with Gasteiger partial charge >= 0.3 is 0 Å². The number of fused-ring (bicyclic) bond motifs is 1. The number of anilines is 1. The average molecular weight is 307 g/mol. The van der Waals surface area contributed by atoms with Gasteiger partial charge in [-0.15, -0.1) is 0 Å². The van der Waals surface area contributed by atoms with Crippen molar-refractivity contribution in [2.75, 3.05) is 19.5 Å². The third kappa shape index (κ3) is 2.97. The number of amides is 1. The maximum absolute atomic E-state index is 12.6. The SMILES string of the molecule is COc1cccc(OC)c1C(=O)Nc1ccc2ccccc2c1. The predicted molar refractivity (Wildman–Crippen MR) is 91.4 cm³/mol. The molecule has 0 aliphatic carbocycles. The van der Waals surface area contributed by atoms with Gasteiger partial charge in [-0.1, -0.05) is 36.4 Å². The Labute approximate surface area is 134 Å². The number of hydrogen-bond donors (Lipinski definition) is 1. The lowest BCUT2D eigenvalue weighted by molar-refractivity contribution is 0.102. The number of nitrogens with one attached hydrogen (secondary N) is 1. The van der Waals surface area contributed by atoms with Gasteiger partial charge in [-0.25, -0.2) is 0 Å². The second kappa shape index (κ2) is 6.40. The van der Waals surface area contributed by atoms with Gasteiger partial charge in [0.05, 0.1) is 14.2 Å². The van der Waals surface area contributed by atoms with Gasteiger partial charge in [-0.05, 0) is 35.0 Å². The van der Waals surface area contributed by atoms with Crippen molar-refractivity contribution in [2.45, 2.75) is 0 Å². The molecule has 3 rings (SSSR count). The monoisotopic (exact) mass is 307 g/mol. The lowest BCUT2D eigenvalue weighted by atomic mass is 10.1. The summed E-state index contributed by atoms with van der Waals surface area (Å²) < 4.78 is 10.6. The summed E-state index contributed by atoms with van der Waals surface area (Å²) in [6.07, 6.45) is 0. The number of ether oxygens (including phenoxy) is 2. The molecule has 0 spiro atoms. The molecule has 0 aromatic heterocycles. The number of hydrogen-bond acceptors (Lipinski definition) is 3. The molecule has 3 aromatic rings. The number of carbonyl (C=O) groups excluding carboxylic acids is 1. The molecular weight excluding hydrogens is 290 g/mol. The van der Waals surface area contributed by atoms with E-state index in [1.165, 1.54) is 14.2 Å². The van der Waals surface area contributed by atoms with Crippen LogP contribution < -0.4 is 14.8 Å². The maximum Gasteiger partial charge on any atom is 0.263 e. The first-order chi connectivity index (χ1) is 11.2. The van der Waals surface area contributed by atoms with E-state index in [0.717, 1.165) is 16.5 Å². The summed E-state index contributed by atoms with van der Waals surface area (Å²) in [6.45, 7) is 0. The van der Waals surface area contributed by atoms with Crippen LogP contribution in [0.3, 0.4) is 0 Å². The van der Waals surface area contributed by atoms with Crippen molar-refractivity contribution in [3.63, 3.8) is 0 Å². The van der Waals surface area contributed by atoms with Gasteiger partial charge < -0.3 is 14.8 Å². The van der Waals surface area contributed by atoms with E-state index in [1.54, 1.807) is 18.2 Å². The van der Waals surface area contributed by atoms with E-state index in [1.807, 2.05) is 42.5 Å². The summed E-state index contributed by atoms with van der Waals surface area (Å²) in [4.78, 5) is 12.6. The number of carbonyl (C=O) groups is 1. The molecule has 0 saturated carbocycles. The Morgan fingerprint density at radius 3 is 2.13 bits per heavy atom. The van der Waals surface area contributed by atoms with Crippen LogP contribution in [0.1, 0.15) is 10.4 Å². The summed E-state index contributed by atoms with van der Waals surface area (Å²) >= 11 is 0. The minimum absolute atomic E-state index is 0.269. The summed E-state index contributed by atoms with van der Waals surface area (Å²) in [5.41, 5.74) is 1.10. The van der Waals surface area contributed by atoms with Crippen LogP contribution in [-0.2, 0) is 0 Å². The van der Waals surface area contributed by atoms with Crippen LogP contribution in [0.15, 0.2) is 60.7 Å². The molecule has 0 fully saturated rings. The van der Waals surface area contributed by atoms with E-state index in [0.29, 0.717) is 17.1 Å². The fraction of sp³-hybridized carbons (Fsp3) is 0.105. The highest BCUT2D eigenvalue weighted by Crippen LogP contribution is 2.29. The second-order valence-electron chi connectivity index (χ2n) is 5.05. The van der Waals surface area contributed by atoms with E-state index in [2.05, 4.69) is 5.32 Å². The highest BCUT2D eigenvalue weighted by atomic mass is 16.5. The molecule has 0 radical (unpaired) electrons. The van der Waals surface area contributed by atoms with Gasteiger partial charge in [0.1, 0.15) is 17.1 Å². The van der Waals surface area contributed by atoms with Crippen LogP contribution in [0.2, 0.25) is 0 Å². The summed E-state index contributed by atoms with van der Waals surface area (Å²) in [5.74, 6) is 0.680. The molecule has 116 valence electrons. The summed E-state index contributed by atoms with van der Waals surface area (Å²) in [6, 6.07) is 19.0. The molecule has 4 nitrogen and oxygen atoms in total. The number of rotatable bonds is 4. The van der Waals surface area contributed by atoms with Crippen molar-refractivity contribution in [3.05, 3.63) is 66.2 Å². The predicted octanol–water partition coefficient (Wildman–Crippen LogP) is 4.11. The molecule has 1 amide bonds. The normalized spacial score (nSPS) is 10.3. The van der Waals surface area contributed by atoms with Crippen molar-refractivity contribution < 1.29 is 14.3 Å². The van der Waals surface area contributed by atoms with Gasteiger partial charge in [-0.3, -0.25) is 4.79 Å². The zero-order valence-electron chi connectivity index (χ0n) is 13.0. The average Bonchev–Trinajstić information content (AvgIpc) is 2.60. The van der Waals surface area contributed by atoms with E-state index < -0.39 is 0 Å². The Hall–Kier alpha value is -3.01. The van der Waals surface area contributed by atoms with Gasteiger partial charge in [-0.2, -0.15) is 0 Å². The zero-order chi connectivity index (χ0) is 16.2. The highest BCUT2D eigenvalue weighted by molar-refractivity contribution is 6.08. The topological polar surface area (TPSA) is 47.6 Å². The van der Waals surface area contributed by atoms with Gasteiger partial charge in [0.2, 0.25) is 0 Å². The molecule has 0 atom stereocenters. The Bertz CT molecular complexity index is 836. The molecule has 1 N–H and O–H groups in total. The first kappa shape index (κ1) is 14.9. The first-order valence-corrected chi connectivity index (χ1v) is 7.24. The van der Waals surface area contributed by atoms with Gasteiger partial charge in [0.25, 0.3) is 5.91 Å². The standard InChI is InChI=1S/C19H17NO3/c1-22-16-8-5-9-17(23-2)18(16)19(21)20-15-11-10-13-6-3-4-7-14(13)12-15/h3-12H,1-2H3,(H,20,21). The molecular formula is C19H17NO3. The van der Waals surface area contributed by atoms with Crippen molar-refractivity contribution >= 4 is 22.4 Å².